The predicted octanol–water partition coefficient (Wildman–Crippen LogP) is 5.02. The Kier molecular flexibility index (Phi) is 5.82. The van der Waals surface area contributed by atoms with Crippen molar-refractivity contribution in [1.29, 1.82) is 0 Å². The molecule has 1 aromatic carbocycles. The summed E-state index contributed by atoms with van der Waals surface area (Å²) < 4.78 is 9.00. The Morgan fingerprint density at radius 3 is 2.75 bits per heavy atom. The molecule has 0 amide bonds. The molecule has 5 aromatic rings. The molecule has 0 N–H and O–H groups in total. The average molecular weight is 463 g/mol. The third-order valence-electron chi connectivity index (χ3n) is 5.19. The van der Waals surface area contributed by atoms with E-state index in [9.17, 15) is 4.79 Å². The molecule has 0 saturated carbocycles. The number of aryl methyl sites for hydroxylation is 1. The minimum atomic E-state index is -0.0291. The molecule has 8 heteroatoms. The lowest BCUT2D eigenvalue weighted by atomic mass is 10.2. The molecule has 0 fully saturated rings. The van der Waals surface area contributed by atoms with Crippen molar-refractivity contribution in [2.24, 2.45) is 0 Å². The SMILES string of the molecule is COCCn1c(SCc2cn3cc(C)ccc3n2)nc2sc(-c3ccccc3)cc2c1=O. The van der Waals surface area contributed by atoms with Crippen molar-refractivity contribution >= 4 is 39.0 Å². The van der Waals surface area contributed by atoms with Crippen molar-refractivity contribution < 1.29 is 4.74 Å². The van der Waals surface area contributed by atoms with Crippen LogP contribution in [0.1, 0.15) is 11.3 Å². The molecule has 0 radical (unpaired) electrons. The number of benzene rings is 1. The Morgan fingerprint density at radius 1 is 1.09 bits per heavy atom. The van der Waals surface area contributed by atoms with E-state index < -0.39 is 0 Å². The minimum absolute atomic E-state index is 0.0291. The van der Waals surface area contributed by atoms with Crippen LogP contribution < -0.4 is 5.56 Å². The molecule has 4 heterocycles. The first-order valence-corrected chi connectivity index (χ1v) is 12.1. The largest absolute Gasteiger partial charge is 0.383 e. The molecule has 0 bridgehead atoms. The van der Waals surface area contributed by atoms with E-state index in [4.69, 9.17) is 14.7 Å². The molecular formula is C24H22N4O2S2. The maximum Gasteiger partial charge on any atom is 0.263 e. The van der Waals surface area contributed by atoms with Gasteiger partial charge in [-0.15, -0.1) is 11.3 Å². The Labute approximate surface area is 193 Å². The van der Waals surface area contributed by atoms with Crippen molar-refractivity contribution in [3.63, 3.8) is 0 Å². The highest BCUT2D eigenvalue weighted by Gasteiger charge is 2.16. The van der Waals surface area contributed by atoms with E-state index in [0.717, 1.165) is 26.6 Å². The molecule has 0 saturated heterocycles. The van der Waals surface area contributed by atoms with Crippen molar-refractivity contribution in [2.75, 3.05) is 13.7 Å². The lowest BCUT2D eigenvalue weighted by Crippen LogP contribution is -2.24. The van der Waals surface area contributed by atoms with Crippen LogP contribution in [0.15, 0.2) is 70.9 Å². The van der Waals surface area contributed by atoms with Gasteiger partial charge in [0.1, 0.15) is 10.5 Å². The molecule has 0 aliphatic rings. The third kappa shape index (κ3) is 4.09. The quantitative estimate of drug-likeness (QED) is 0.251. The maximum atomic E-state index is 13.3. The van der Waals surface area contributed by atoms with Crippen LogP contribution in [0, 0.1) is 6.92 Å². The number of aromatic nitrogens is 4. The number of nitrogens with zero attached hydrogens (tertiary/aromatic N) is 4. The minimum Gasteiger partial charge on any atom is -0.383 e. The average Bonchev–Trinajstić information content (AvgIpc) is 3.41. The van der Waals surface area contributed by atoms with E-state index in [0.29, 0.717) is 29.4 Å². The molecule has 162 valence electrons. The summed E-state index contributed by atoms with van der Waals surface area (Å²) in [5.74, 6) is 0.628. The van der Waals surface area contributed by atoms with Crippen molar-refractivity contribution in [1.82, 2.24) is 18.9 Å². The van der Waals surface area contributed by atoms with Gasteiger partial charge in [-0.25, -0.2) is 9.97 Å². The van der Waals surface area contributed by atoms with E-state index in [-0.39, 0.29) is 5.56 Å². The number of hydrogen-bond donors (Lipinski definition) is 0. The molecule has 0 unspecified atom stereocenters. The molecular weight excluding hydrogens is 440 g/mol. The Balaban J connectivity index is 1.51. The Morgan fingerprint density at radius 2 is 1.94 bits per heavy atom. The first-order chi connectivity index (χ1) is 15.6. The number of imidazole rings is 1. The number of fused-ring (bicyclic) bond motifs is 2. The summed E-state index contributed by atoms with van der Waals surface area (Å²) in [5, 5.41) is 1.34. The first kappa shape index (κ1) is 20.9. The summed E-state index contributed by atoms with van der Waals surface area (Å²) in [7, 11) is 1.64. The number of ether oxygens (including phenoxy) is 1. The molecule has 0 aliphatic carbocycles. The van der Waals surface area contributed by atoms with Gasteiger partial charge in [0, 0.05) is 30.1 Å². The van der Waals surface area contributed by atoms with Crippen LogP contribution >= 0.6 is 23.1 Å². The van der Waals surface area contributed by atoms with E-state index in [2.05, 4.69) is 31.3 Å². The van der Waals surface area contributed by atoms with Gasteiger partial charge < -0.3 is 9.14 Å². The lowest BCUT2D eigenvalue weighted by molar-refractivity contribution is 0.183. The Hall–Kier alpha value is -2.94. The van der Waals surface area contributed by atoms with Gasteiger partial charge in [0.05, 0.1) is 24.2 Å². The second-order valence-corrected chi connectivity index (χ2v) is 9.51. The molecule has 6 nitrogen and oxygen atoms in total. The highest BCUT2D eigenvalue weighted by molar-refractivity contribution is 7.98. The maximum absolute atomic E-state index is 13.3. The molecule has 0 aliphatic heterocycles. The van der Waals surface area contributed by atoms with E-state index in [1.807, 2.05) is 40.9 Å². The fraction of sp³-hybridized carbons (Fsp3) is 0.208. The number of pyridine rings is 1. The fourth-order valence-corrected chi connectivity index (χ4v) is 5.58. The second kappa shape index (κ2) is 8.90. The van der Waals surface area contributed by atoms with Crippen molar-refractivity contribution in [3.05, 3.63) is 82.5 Å². The molecule has 5 rings (SSSR count). The van der Waals surface area contributed by atoms with Gasteiger partial charge in [0.25, 0.3) is 5.56 Å². The summed E-state index contributed by atoms with van der Waals surface area (Å²) >= 11 is 3.08. The number of rotatable bonds is 7. The molecule has 32 heavy (non-hydrogen) atoms. The van der Waals surface area contributed by atoms with Crippen molar-refractivity contribution in [3.8, 4) is 10.4 Å². The van der Waals surface area contributed by atoms with Gasteiger partial charge >= 0.3 is 0 Å². The molecule has 0 atom stereocenters. The van der Waals surface area contributed by atoms with Crippen molar-refractivity contribution in [2.45, 2.75) is 24.4 Å². The van der Waals surface area contributed by atoms with Crippen LogP contribution in [0.2, 0.25) is 0 Å². The molecule has 0 spiro atoms. The molecule has 4 aromatic heterocycles. The Bertz CT molecular complexity index is 1450. The van der Waals surface area contributed by atoms with E-state index in [1.165, 1.54) is 17.3 Å². The number of hydrogen-bond acceptors (Lipinski definition) is 6. The van der Waals surface area contributed by atoms with Gasteiger partial charge in [-0.2, -0.15) is 0 Å². The second-order valence-electron chi connectivity index (χ2n) is 7.53. The van der Waals surface area contributed by atoms with Crippen LogP contribution in [0.25, 0.3) is 26.3 Å². The van der Waals surface area contributed by atoms with E-state index in [1.54, 1.807) is 23.0 Å². The van der Waals surface area contributed by atoms with E-state index >= 15 is 0 Å². The lowest BCUT2D eigenvalue weighted by Gasteiger charge is -2.10. The number of methoxy groups -OCH3 is 1. The van der Waals surface area contributed by atoms with Crippen LogP contribution in [0.3, 0.4) is 0 Å². The van der Waals surface area contributed by atoms with Crippen LogP contribution in [0.5, 0.6) is 0 Å². The normalized spacial score (nSPS) is 11.6. The van der Waals surface area contributed by atoms with Gasteiger partial charge in [0.15, 0.2) is 5.16 Å². The highest BCUT2D eigenvalue weighted by Crippen LogP contribution is 2.32. The number of thiophene rings is 1. The summed E-state index contributed by atoms with van der Waals surface area (Å²) in [4.78, 5) is 24.7. The van der Waals surface area contributed by atoms with Gasteiger partial charge in [-0.05, 0) is 30.2 Å². The topological polar surface area (TPSA) is 61.4 Å². The standard InChI is InChI=1S/C24H22N4O2S2/c1-16-8-9-21-25-18(14-27(21)13-16)15-31-24-26-22-19(23(29)28(24)10-11-30-2)12-20(32-22)17-6-4-3-5-7-17/h3-9,12-14H,10-11,15H2,1-2H3. The van der Waals surface area contributed by atoms with Gasteiger partial charge in [0.2, 0.25) is 0 Å². The monoisotopic (exact) mass is 462 g/mol. The fourth-order valence-electron chi connectivity index (χ4n) is 3.60. The van der Waals surface area contributed by atoms with Crippen LogP contribution in [0.4, 0.5) is 0 Å². The predicted molar refractivity (Wildman–Crippen MR) is 131 cm³/mol. The zero-order valence-corrected chi connectivity index (χ0v) is 19.4. The summed E-state index contributed by atoms with van der Waals surface area (Å²) in [5.41, 5.74) is 4.11. The van der Waals surface area contributed by atoms with Crippen LogP contribution in [-0.4, -0.2) is 32.7 Å². The van der Waals surface area contributed by atoms with Gasteiger partial charge in [-0.3, -0.25) is 9.36 Å². The third-order valence-corrected chi connectivity index (χ3v) is 7.28. The van der Waals surface area contributed by atoms with Crippen LogP contribution in [-0.2, 0) is 17.0 Å². The first-order valence-electron chi connectivity index (χ1n) is 10.3. The smallest absolute Gasteiger partial charge is 0.263 e. The van der Waals surface area contributed by atoms with Gasteiger partial charge in [-0.1, -0.05) is 48.2 Å². The summed E-state index contributed by atoms with van der Waals surface area (Å²) in [6.45, 7) is 2.97. The summed E-state index contributed by atoms with van der Waals surface area (Å²) in [6, 6.07) is 16.1. The number of thioether (sulfide) groups is 1. The summed E-state index contributed by atoms with van der Waals surface area (Å²) in [6.07, 6.45) is 4.09. The highest BCUT2D eigenvalue weighted by atomic mass is 32.2. The zero-order chi connectivity index (χ0) is 22.1. The zero-order valence-electron chi connectivity index (χ0n) is 17.8.